The fourth-order valence-corrected chi connectivity index (χ4v) is 7.64. The van der Waals surface area contributed by atoms with Crippen molar-refractivity contribution in [2.45, 2.75) is 26.8 Å². The summed E-state index contributed by atoms with van der Waals surface area (Å²) in [6.07, 6.45) is 3.51. The van der Waals surface area contributed by atoms with Gasteiger partial charge >= 0.3 is 0 Å². The minimum atomic E-state index is -1.85. The van der Waals surface area contributed by atoms with E-state index >= 15 is 0 Å². The van der Waals surface area contributed by atoms with Gasteiger partial charge in [-0.15, -0.1) is 0 Å². The third kappa shape index (κ3) is 2.32. The molecule has 0 unspecified atom stereocenters. The summed E-state index contributed by atoms with van der Waals surface area (Å²) in [6.45, 7) is 7.04. The highest BCUT2D eigenvalue weighted by molar-refractivity contribution is 7.06. The Bertz CT molecular complexity index is 654. The molecule has 1 heteroatoms. The predicted octanol–water partition coefficient (Wildman–Crippen LogP) is 4.09. The molecule has 0 fully saturated rings. The molecule has 2 aromatic carbocycles. The second kappa shape index (κ2) is 5.49. The molecule has 0 saturated heterocycles. The molecule has 0 aliphatic heterocycles. The van der Waals surface area contributed by atoms with Gasteiger partial charge in [0.15, 0.2) is 0 Å². The topological polar surface area (TPSA) is 0 Å². The summed E-state index contributed by atoms with van der Waals surface area (Å²) in [7, 11) is -1.85. The Hall–Kier alpha value is -1.86. The molecule has 0 radical (unpaired) electrons. The minimum Gasteiger partial charge on any atom is -0.0776 e. The van der Waals surface area contributed by atoms with Gasteiger partial charge in [-0.1, -0.05) is 89.6 Å². The van der Waals surface area contributed by atoms with Crippen molar-refractivity contribution in [2.24, 2.45) is 0 Å². The summed E-state index contributed by atoms with van der Waals surface area (Å²) in [5, 5.41) is 4.68. The van der Waals surface area contributed by atoms with Gasteiger partial charge in [0.05, 0.1) is 0 Å². The maximum absolute atomic E-state index is 2.50. The Morgan fingerprint density at radius 3 is 1.62 bits per heavy atom. The number of benzene rings is 2. The molecule has 0 atom stereocenters. The Morgan fingerprint density at radius 1 is 0.762 bits per heavy atom. The molecular weight excluding hydrogens is 268 g/mol. The fraction of sp³-hybridized carbons (Fsp3) is 0.200. The van der Waals surface area contributed by atoms with Crippen LogP contribution in [0, 0.1) is 0 Å². The molecule has 2 aromatic rings. The van der Waals surface area contributed by atoms with Crippen LogP contribution in [0.1, 0.15) is 20.3 Å². The standard InChI is InChI=1S/C20H22Si/c1-16-14-15-20(17(16)2)21(3,18-10-6-4-7-11-18)19-12-8-5-9-13-19/h4-14H,15H2,1-3H3. The number of hydrogen-bond acceptors (Lipinski definition) is 0. The zero-order valence-electron chi connectivity index (χ0n) is 13.1. The van der Waals surface area contributed by atoms with Crippen LogP contribution >= 0.6 is 0 Å². The summed E-state index contributed by atoms with van der Waals surface area (Å²) in [4.78, 5) is 0. The zero-order chi connectivity index (χ0) is 14.9. The first-order chi connectivity index (χ1) is 10.1. The molecule has 1 aliphatic carbocycles. The van der Waals surface area contributed by atoms with Crippen molar-refractivity contribution in [1.82, 2.24) is 0 Å². The largest absolute Gasteiger partial charge is 0.141 e. The number of rotatable bonds is 3. The van der Waals surface area contributed by atoms with Crippen LogP contribution in [0.4, 0.5) is 0 Å². The van der Waals surface area contributed by atoms with E-state index in [0.29, 0.717) is 0 Å². The monoisotopic (exact) mass is 290 g/mol. The molecule has 106 valence electrons. The lowest BCUT2D eigenvalue weighted by Crippen LogP contribution is -2.57. The van der Waals surface area contributed by atoms with Crippen molar-refractivity contribution in [3.05, 3.63) is 83.1 Å². The van der Waals surface area contributed by atoms with Gasteiger partial charge in [0.1, 0.15) is 8.07 Å². The summed E-state index contributed by atoms with van der Waals surface area (Å²) < 4.78 is 0. The molecule has 21 heavy (non-hydrogen) atoms. The van der Waals surface area contributed by atoms with E-state index < -0.39 is 8.07 Å². The first kappa shape index (κ1) is 14.1. The Balaban J connectivity index is 2.23. The molecule has 0 aromatic heterocycles. The maximum atomic E-state index is 2.50. The smallest absolute Gasteiger partial charge is 0.0776 e. The van der Waals surface area contributed by atoms with Crippen LogP contribution in [0.3, 0.4) is 0 Å². The Morgan fingerprint density at radius 2 is 1.24 bits per heavy atom. The molecule has 3 rings (SSSR count). The van der Waals surface area contributed by atoms with Crippen LogP contribution in [-0.4, -0.2) is 8.07 Å². The van der Waals surface area contributed by atoms with Crippen molar-refractivity contribution >= 4 is 18.4 Å². The van der Waals surface area contributed by atoms with Crippen LogP contribution in [0.5, 0.6) is 0 Å². The van der Waals surface area contributed by atoms with Gasteiger partial charge in [-0.3, -0.25) is 0 Å². The lowest BCUT2D eigenvalue weighted by molar-refractivity contribution is 1.33. The molecule has 0 nitrogen and oxygen atoms in total. The van der Waals surface area contributed by atoms with Crippen LogP contribution in [-0.2, 0) is 0 Å². The maximum Gasteiger partial charge on any atom is 0.141 e. The minimum absolute atomic E-state index is 1.12. The van der Waals surface area contributed by atoms with E-state index in [4.69, 9.17) is 0 Å². The van der Waals surface area contributed by atoms with E-state index in [0.717, 1.165) is 6.42 Å². The normalized spacial score (nSPS) is 15.3. The van der Waals surface area contributed by atoms with E-state index in [-0.39, 0.29) is 0 Å². The lowest BCUT2D eigenvalue weighted by atomic mass is 10.2. The molecule has 0 spiro atoms. The van der Waals surface area contributed by atoms with Crippen LogP contribution in [0.25, 0.3) is 0 Å². The second-order valence-corrected chi connectivity index (χ2v) is 10.1. The van der Waals surface area contributed by atoms with Gasteiger partial charge in [-0.05, 0) is 30.6 Å². The highest BCUT2D eigenvalue weighted by atomic mass is 28.3. The van der Waals surface area contributed by atoms with Gasteiger partial charge in [0.2, 0.25) is 0 Å². The van der Waals surface area contributed by atoms with Crippen LogP contribution in [0.2, 0.25) is 6.55 Å². The molecule has 0 saturated carbocycles. The van der Waals surface area contributed by atoms with Gasteiger partial charge in [-0.2, -0.15) is 0 Å². The summed E-state index contributed by atoms with van der Waals surface area (Å²) in [5.74, 6) is 0. The first-order valence-corrected chi connectivity index (χ1v) is 10.1. The van der Waals surface area contributed by atoms with Gasteiger partial charge in [0, 0.05) is 0 Å². The third-order valence-corrected chi connectivity index (χ3v) is 9.72. The third-order valence-electron chi connectivity index (χ3n) is 4.96. The van der Waals surface area contributed by atoms with E-state index in [1.54, 1.807) is 5.20 Å². The summed E-state index contributed by atoms with van der Waals surface area (Å²) in [6, 6.07) is 22.2. The number of hydrogen-bond donors (Lipinski definition) is 0. The molecule has 0 N–H and O–H groups in total. The molecule has 0 heterocycles. The highest BCUT2D eigenvalue weighted by Gasteiger charge is 2.37. The van der Waals surface area contributed by atoms with Crippen molar-refractivity contribution in [2.75, 3.05) is 0 Å². The molecule has 0 amide bonds. The quantitative estimate of drug-likeness (QED) is 0.747. The van der Waals surface area contributed by atoms with Gasteiger partial charge in [-0.25, -0.2) is 0 Å². The summed E-state index contributed by atoms with van der Waals surface area (Å²) >= 11 is 0. The van der Waals surface area contributed by atoms with Gasteiger partial charge < -0.3 is 0 Å². The zero-order valence-corrected chi connectivity index (χ0v) is 14.1. The second-order valence-electron chi connectivity index (χ2n) is 6.05. The Kier molecular flexibility index (Phi) is 3.69. The van der Waals surface area contributed by atoms with E-state index in [1.807, 2.05) is 0 Å². The van der Waals surface area contributed by atoms with Gasteiger partial charge in [0.25, 0.3) is 0 Å². The lowest BCUT2D eigenvalue weighted by Gasteiger charge is -2.31. The average molecular weight is 290 g/mol. The average Bonchev–Trinajstić information content (AvgIpc) is 2.88. The summed E-state index contributed by atoms with van der Waals surface area (Å²) in [5.41, 5.74) is 2.97. The van der Waals surface area contributed by atoms with E-state index in [1.165, 1.54) is 21.5 Å². The molecular formula is C20H22Si. The SMILES string of the molecule is CC1=CCC([Si](C)(c2ccccc2)c2ccccc2)=C1C. The van der Waals surface area contributed by atoms with E-state index in [2.05, 4.69) is 87.1 Å². The van der Waals surface area contributed by atoms with Crippen molar-refractivity contribution < 1.29 is 0 Å². The molecule has 1 aliphatic rings. The van der Waals surface area contributed by atoms with Crippen LogP contribution in [0.15, 0.2) is 83.1 Å². The number of allylic oxidation sites excluding steroid dienone is 4. The van der Waals surface area contributed by atoms with Crippen LogP contribution < -0.4 is 10.4 Å². The van der Waals surface area contributed by atoms with Crippen molar-refractivity contribution in [3.63, 3.8) is 0 Å². The fourth-order valence-electron chi connectivity index (χ4n) is 3.44. The highest BCUT2D eigenvalue weighted by Crippen LogP contribution is 2.32. The van der Waals surface area contributed by atoms with E-state index in [9.17, 15) is 0 Å². The Labute approximate surface area is 128 Å². The van der Waals surface area contributed by atoms with Crippen molar-refractivity contribution in [3.8, 4) is 0 Å². The first-order valence-electron chi connectivity index (χ1n) is 7.62. The predicted molar refractivity (Wildman–Crippen MR) is 94.8 cm³/mol. The molecule has 0 bridgehead atoms. The van der Waals surface area contributed by atoms with Crippen molar-refractivity contribution in [1.29, 1.82) is 0 Å².